The smallest absolute Gasteiger partial charge is 0.311 e. The van der Waals surface area contributed by atoms with Gasteiger partial charge in [0.05, 0.1) is 19.1 Å². The van der Waals surface area contributed by atoms with Crippen LogP contribution in [0.3, 0.4) is 0 Å². The lowest BCUT2D eigenvalue weighted by molar-refractivity contribution is -0.138. The van der Waals surface area contributed by atoms with Crippen LogP contribution in [0.5, 0.6) is 11.5 Å². The van der Waals surface area contributed by atoms with E-state index in [1.54, 1.807) is 6.07 Å². The maximum Gasteiger partial charge on any atom is 0.311 e. The Morgan fingerprint density at radius 2 is 1.75 bits per heavy atom. The zero-order chi connectivity index (χ0) is 17.4. The van der Waals surface area contributed by atoms with Crippen molar-refractivity contribution >= 4 is 5.97 Å². The third-order valence-corrected chi connectivity index (χ3v) is 3.68. The molecule has 24 heavy (non-hydrogen) atoms. The Bertz CT molecular complexity index is 666. The SMILES string of the molecule is CCCOc1cccc(CC(C(=O)O)c2cccc(OCC)c2)c1. The average Bonchev–Trinajstić information content (AvgIpc) is 2.58. The molecule has 2 aromatic carbocycles. The molecule has 0 aromatic heterocycles. The van der Waals surface area contributed by atoms with Gasteiger partial charge in [0.2, 0.25) is 0 Å². The van der Waals surface area contributed by atoms with Crippen LogP contribution < -0.4 is 9.47 Å². The molecule has 1 N–H and O–H groups in total. The minimum atomic E-state index is -0.844. The zero-order valence-electron chi connectivity index (χ0n) is 14.2. The van der Waals surface area contributed by atoms with Gasteiger partial charge < -0.3 is 14.6 Å². The number of carboxylic acids is 1. The number of benzene rings is 2. The number of carboxylic acid groups (broad SMARTS) is 1. The minimum Gasteiger partial charge on any atom is -0.494 e. The summed E-state index contributed by atoms with van der Waals surface area (Å²) in [5.74, 6) is 0.0122. The molecule has 0 saturated heterocycles. The molecule has 0 amide bonds. The Balaban J connectivity index is 2.20. The van der Waals surface area contributed by atoms with Gasteiger partial charge in [-0.05, 0) is 55.2 Å². The van der Waals surface area contributed by atoms with Crippen LogP contribution >= 0.6 is 0 Å². The highest BCUT2D eigenvalue weighted by Crippen LogP contribution is 2.26. The fourth-order valence-electron chi connectivity index (χ4n) is 2.55. The summed E-state index contributed by atoms with van der Waals surface area (Å²) >= 11 is 0. The lowest BCUT2D eigenvalue weighted by Gasteiger charge is -2.15. The molecule has 4 heteroatoms. The van der Waals surface area contributed by atoms with Crippen LogP contribution in [0.1, 0.15) is 37.3 Å². The molecular weight excluding hydrogens is 304 g/mol. The van der Waals surface area contributed by atoms with Gasteiger partial charge in [-0.1, -0.05) is 31.2 Å². The molecule has 2 aromatic rings. The molecule has 128 valence electrons. The van der Waals surface area contributed by atoms with Crippen molar-refractivity contribution in [2.75, 3.05) is 13.2 Å². The molecule has 0 heterocycles. The van der Waals surface area contributed by atoms with Crippen LogP contribution in [0.15, 0.2) is 48.5 Å². The molecule has 2 rings (SSSR count). The fraction of sp³-hybridized carbons (Fsp3) is 0.350. The maximum atomic E-state index is 11.8. The van der Waals surface area contributed by atoms with Gasteiger partial charge in [0.25, 0.3) is 0 Å². The minimum absolute atomic E-state index is 0.411. The number of hydrogen-bond donors (Lipinski definition) is 1. The number of aliphatic carboxylic acids is 1. The van der Waals surface area contributed by atoms with E-state index in [-0.39, 0.29) is 0 Å². The summed E-state index contributed by atoms with van der Waals surface area (Å²) in [5.41, 5.74) is 1.69. The van der Waals surface area contributed by atoms with Crippen LogP contribution in [-0.2, 0) is 11.2 Å². The van der Waals surface area contributed by atoms with Gasteiger partial charge in [-0.3, -0.25) is 4.79 Å². The van der Waals surface area contributed by atoms with E-state index in [0.29, 0.717) is 25.4 Å². The summed E-state index contributed by atoms with van der Waals surface area (Å²) in [5, 5.41) is 9.65. The lowest BCUT2D eigenvalue weighted by atomic mass is 9.92. The van der Waals surface area contributed by atoms with E-state index < -0.39 is 11.9 Å². The van der Waals surface area contributed by atoms with E-state index in [4.69, 9.17) is 9.47 Å². The molecule has 0 radical (unpaired) electrons. The highest BCUT2D eigenvalue weighted by atomic mass is 16.5. The summed E-state index contributed by atoms with van der Waals surface area (Å²) in [6.07, 6.45) is 1.35. The summed E-state index contributed by atoms with van der Waals surface area (Å²) in [6, 6.07) is 14.9. The zero-order valence-corrected chi connectivity index (χ0v) is 14.2. The van der Waals surface area contributed by atoms with E-state index in [1.807, 2.05) is 49.4 Å². The van der Waals surface area contributed by atoms with Crippen molar-refractivity contribution in [1.82, 2.24) is 0 Å². The number of carbonyl (C=O) groups is 1. The van der Waals surface area contributed by atoms with Crippen molar-refractivity contribution < 1.29 is 19.4 Å². The molecule has 0 aliphatic carbocycles. The lowest BCUT2D eigenvalue weighted by Crippen LogP contribution is -2.14. The summed E-state index contributed by atoms with van der Waals surface area (Å²) < 4.78 is 11.1. The van der Waals surface area contributed by atoms with Gasteiger partial charge in [0.15, 0.2) is 0 Å². The second kappa shape index (κ2) is 8.96. The van der Waals surface area contributed by atoms with E-state index >= 15 is 0 Å². The molecule has 1 unspecified atom stereocenters. The van der Waals surface area contributed by atoms with Gasteiger partial charge in [-0.25, -0.2) is 0 Å². The maximum absolute atomic E-state index is 11.8. The first-order valence-corrected chi connectivity index (χ1v) is 8.31. The first-order chi connectivity index (χ1) is 11.6. The van der Waals surface area contributed by atoms with Crippen LogP contribution in [0.4, 0.5) is 0 Å². The summed E-state index contributed by atoms with van der Waals surface area (Å²) in [4.78, 5) is 11.8. The Labute approximate surface area is 143 Å². The molecule has 0 saturated carbocycles. The standard InChI is InChI=1S/C20H24O4/c1-3-11-24-17-9-5-7-15(12-17)13-19(20(21)22)16-8-6-10-18(14-16)23-4-2/h5-10,12,14,19H,3-4,11,13H2,1-2H3,(H,21,22). The van der Waals surface area contributed by atoms with Crippen LogP contribution in [0.2, 0.25) is 0 Å². The Morgan fingerprint density at radius 1 is 1.04 bits per heavy atom. The van der Waals surface area contributed by atoms with Gasteiger partial charge in [-0.2, -0.15) is 0 Å². The third-order valence-electron chi connectivity index (χ3n) is 3.68. The topological polar surface area (TPSA) is 55.8 Å². The molecule has 0 bridgehead atoms. The highest BCUT2D eigenvalue weighted by molar-refractivity contribution is 5.76. The second-order valence-corrected chi connectivity index (χ2v) is 5.60. The molecule has 1 atom stereocenters. The first-order valence-electron chi connectivity index (χ1n) is 8.31. The van der Waals surface area contributed by atoms with E-state index in [9.17, 15) is 9.90 Å². The predicted octanol–water partition coefficient (Wildman–Crippen LogP) is 4.29. The average molecular weight is 328 g/mol. The van der Waals surface area contributed by atoms with Gasteiger partial charge in [-0.15, -0.1) is 0 Å². The molecule has 0 fully saturated rings. The molecule has 0 aliphatic rings. The molecule has 4 nitrogen and oxygen atoms in total. The summed E-state index contributed by atoms with van der Waals surface area (Å²) in [7, 11) is 0. The number of ether oxygens (including phenoxy) is 2. The summed E-state index contributed by atoms with van der Waals surface area (Å²) in [6.45, 7) is 5.17. The van der Waals surface area contributed by atoms with Gasteiger partial charge in [0, 0.05) is 0 Å². The van der Waals surface area contributed by atoms with Crippen molar-refractivity contribution in [2.24, 2.45) is 0 Å². The molecule has 0 spiro atoms. The van der Waals surface area contributed by atoms with Crippen molar-refractivity contribution in [2.45, 2.75) is 32.6 Å². The molecular formula is C20H24O4. The first kappa shape index (κ1) is 17.9. The van der Waals surface area contributed by atoms with Crippen molar-refractivity contribution in [3.05, 3.63) is 59.7 Å². The fourth-order valence-corrected chi connectivity index (χ4v) is 2.55. The van der Waals surface area contributed by atoms with E-state index in [0.717, 1.165) is 23.3 Å². The predicted molar refractivity (Wildman–Crippen MR) is 93.9 cm³/mol. The third kappa shape index (κ3) is 5.01. The van der Waals surface area contributed by atoms with Crippen LogP contribution in [-0.4, -0.2) is 24.3 Å². The Hall–Kier alpha value is -2.49. The largest absolute Gasteiger partial charge is 0.494 e. The monoisotopic (exact) mass is 328 g/mol. The van der Waals surface area contributed by atoms with Gasteiger partial charge >= 0.3 is 5.97 Å². The normalized spacial score (nSPS) is 11.8. The second-order valence-electron chi connectivity index (χ2n) is 5.60. The highest BCUT2D eigenvalue weighted by Gasteiger charge is 2.21. The van der Waals surface area contributed by atoms with E-state index in [1.165, 1.54) is 0 Å². The van der Waals surface area contributed by atoms with Crippen LogP contribution in [0, 0.1) is 0 Å². The Kier molecular flexibility index (Phi) is 6.67. The van der Waals surface area contributed by atoms with E-state index in [2.05, 4.69) is 6.92 Å². The Morgan fingerprint density at radius 3 is 2.42 bits per heavy atom. The van der Waals surface area contributed by atoms with Crippen molar-refractivity contribution in [1.29, 1.82) is 0 Å². The van der Waals surface area contributed by atoms with Crippen molar-refractivity contribution in [3.63, 3.8) is 0 Å². The van der Waals surface area contributed by atoms with Crippen molar-refractivity contribution in [3.8, 4) is 11.5 Å². The van der Waals surface area contributed by atoms with Gasteiger partial charge in [0.1, 0.15) is 11.5 Å². The number of hydrogen-bond acceptors (Lipinski definition) is 3. The number of rotatable bonds is 9. The quantitative estimate of drug-likeness (QED) is 0.746. The molecule has 0 aliphatic heterocycles. The van der Waals surface area contributed by atoms with Crippen LogP contribution in [0.25, 0.3) is 0 Å².